The molecule has 0 amide bonds. The number of rotatable bonds is 8. The fourth-order valence-corrected chi connectivity index (χ4v) is 2.79. The Labute approximate surface area is 140 Å². The summed E-state index contributed by atoms with van der Waals surface area (Å²) in [5.41, 5.74) is 0. The Morgan fingerprint density at radius 3 is 2.61 bits per heavy atom. The second kappa shape index (κ2) is 8.48. The van der Waals surface area contributed by atoms with E-state index in [2.05, 4.69) is 6.58 Å². The Morgan fingerprint density at radius 1 is 1.22 bits per heavy atom. The van der Waals surface area contributed by atoms with Crippen LogP contribution in [0.5, 0.6) is 11.5 Å². The number of esters is 1. The molecule has 0 aromatic heterocycles. The molecule has 0 aliphatic heterocycles. The number of thioether (sulfide) groups is 1. The van der Waals surface area contributed by atoms with Gasteiger partial charge in [-0.25, -0.2) is 4.79 Å². The van der Waals surface area contributed by atoms with Gasteiger partial charge >= 0.3 is 5.97 Å². The molecule has 0 bridgehead atoms. The average Bonchev–Trinajstić information content (AvgIpc) is 2.59. The van der Waals surface area contributed by atoms with Crippen LogP contribution in [0.3, 0.4) is 0 Å². The third-order valence-corrected chi connectivity index (χ3v) is 3.93. The maximum Gasteiger partial charge on any atom is 0.330 e. The molecule has 0 aliphatic carbocycles. The van der Waals surface area contributed by atoms with Gasteiger partial charge in [-0.1, -0.05) is 30.8 Å². The molecule has 5 heteroatoms. The van der Waals surface area contributed by atoms with E-state index in [-0.39, 0.29) is 13.2 Å². The lowest BCUT2D eigenvalue weighted by Crippen LogP contribution is -2.10. The monoisotopic (exact) mass is 332 g/mol. The molecule has 2 aromatic rings. The second-order valence-corrected chi connectivity index (χ2v) is 5.45. The van der Waals surface area contributed by atoms with Crippen molar-refractivity contribution >= 4 is 28.5 Å². The van der Waals surface area contributed by atoms with Crippen molar-refractivity contribution in [1.82, 2.24) is 0 Å². The zero-order chi connectivity index (χ0) is 16.7. The van der Waals surface area contributed by atoms with E-state index < -0.39 is 5.97 Å². The maximum absolute atomic E-state index is 11.1. The van der Waals surface area contributed by atoms with Gasteiger partial charge in [-0.2, -0.15) is 0 Å². The Morgan fingerprint density at radius 2 is 1.96 bits per heavy atom. The molecule has 23 heavy (non-hydrogen) atoms. The number of hydrogen-bond donors (Lipinski definition) is 0. The Kier molecular flexibility index (Phi) is 6.35. The van der Waals surface area contributed by atoms with E-state index in [0.29, 0.717) is 6.61 Å². The summed E-state index contributed by atoms with van der Waals surface area (Å²) in [4.78, 5) is 12.0. The number of ether oxygens (including phenoxy) is 3. The molecule has 0 saturated heterocycles. The van der Waals surface area contributed by atoms with Gasteiger partial charge < -0.3 is 14.2 Å². The standard InChI is InChI=1S/C18H20O4S/c1-4-17(19)21-10-11-22-18-14-9-7-6-8-13(14)15(20-5-2)12-16(18)23-3/h4,6-9,12H,1,5,10-11H2,2-3H3. The Hall–Kier alpha value is -2.14. The summed E-state index contributed by atoms with van der Waals surface area (Å²) in [6.07, 6.45) is 3.13. The zero-order valence-corrected chi connectivity index (χ0v) is 14.2. The van der Waals surface area contributed by atoms with Crippen LogP contribution in [0.15, 0.2) is 47.9 Å². The number of hydrogen-bond acceptors (Lipinski definition) is 5. The van der Waals surface area contributed by atoms with Gasteiger partial charge in [0.1, 0.15) is 24.7 Å². The molecule has 2 aromatic carbocycles. The van der Waals surface area contributed by atoms with Crippen molar-refractivity contribution in [3.63, 3.8) is 0 Å². The molecule has 0 spiro atoms. The van der Waals surface area contributed by atoms with Crippen LogP contribution in [0.4, 0.5) is 0 Å². The van der Waals surface area contributed by atoms with Gasteiger partial charge in [0.25, 0.3) is 0 Å². The topological polar surface area (TPSA) is 44.8 Å². The van der Waals surface area contributed by atoms with Crippen molar-refractivity contribution in [3.8, 4) is 11.5 Å². The Balaban J connectivity index is 2.28. The van der Waals surface area contributed by atoms with E-state index >= 15 is 0 Å². The molecule has 122 valence electrons. The summed E-state index contributed by atoms with van der Waals surface area (Å²) in [6, 6.07) is 9.94. The van der Waals surface area contributed by atoms with Crippen LogP contribution in [0.25, 0.3) is 10.8 Å². The first-order chi connectivity index (χ1) is 11.2. The van der Waals surface area contributed by atoms with Crippen LogP contribution >= 0.6 is 11.8 Å². The summed E-state index contributed by atoms with van der Waals surface area (Å²) >= 11 is 1.59. The fraction of sp³-hybridized carbons (Fsp3) is 0.278. The SMILES string of the molecule is C=CC(=O)OCCOc1c(SC)cc(OCC)c2ccccc12. The molecule has 0 N–H and O–H groups in total. The van der Waals surface area contributed by atoms with Gasteiger partial charge in [0.2, 0.25) is 0 Å². The number of fused-ring (bicyclic) bond motifs is 1. The second-order valence-electron chi connectivity index (χ2n) is 4.60. The van der Waals surface area contributed by atoms with E-state index in [1.165, 1.54) is 0 Å². The predicted octanol–water partition coefficient (Wildman–Crippen LogP) is 4.07. The molecule has 0 radical (unpaired) electrons. The van der Waals surface area contributed by atoms with Gasteiger partial charge in [-0.05, 0) is 19.2 Å². The minimum atomic E-state index is -0.449. The van der Waals surface area contributed by atoms with E-state index in [4.69, 9.17) is 14.2 Å². The first-order valence-corrected chi connectivity index (χ1v) is 8.58. The van der Waals surface area contributed by atoms with E-state index in [1.807, 2.05) is 43.5 Å². The van der Waals surface area contributed by atoms with Crippen molar-refractivity contribution in [1.29, 1.82) is 0 Å². The first-order valence-electron chi connectivity index (χ1n) is 7.35. The van der Waals surface area contributed by atoms with Crippen LogP contribution in [0.2, 0.25) is 0 Å². The fourth-order valence-electron chi connectivity index (χ4n) is 2.21. The van der Waals surface area contributed by atoms with Gasteiger partial charge in [0, 0.05) is 16.8 Å². The lowest BCUT2D eigenvalue weighted by Gasteiger charge is -2.16. The lowest BCUT2D eigenvalue weighted by molar-refractivity contribution is -0.138. The summed E-state index contributed by atoms with van der Waals surface area (Å²) in [5.74, 6) is 1.18. The molecular formula is C18H20O4S. The van der Waals surface area contributed by atoms with Crippen LogP contribution < -0.4 is 9.47 Å². The number of carbonyl (C=O) groups is 1. The van der Waals surface area contributed by atoms with Crippen LogP contribution in [0.1, 0.15) is 6.92 Å². The summed E-state index contributed by atoms with van der Waals surface area (Å²) < 4.78 is 16.6. The van der Waals surface area contributed by atoms with Crippen LogP contribution in [0, 0.1) is 0 Å². The molecule has 2 rings (SSSR count). The van der Waals surface area contributed by atoms with Crippen molar-refractivity contribution in [2.24, 2.45) is 0 Å². The highest BCUT2D eigenvalue weighted by Gasteiger charge is 2.13. The molecular weight excluding hydrogens is 312 g/mol. The van der Waals surface area contributed by atoms with Crippen molar-refractivity contribution in [3.05, 3.63) is 43.0 Å². The lowest BCUT2D eigenvalue weighted by atomic mass is 10.1. The summed E-state index contributed by atoms with van der Waals surface area (Å²) in [5, 5.41) is 1.99. The van der Waals surface area contributed by atoms with Crippen LogP contribution in [-0.4, -0.2) is 32.0 Å². The third kappa shape index (κ3) is 4.20. The Bertz CT molecular complexity index is 697. The van der Waals surface area contributed by atoms with Crippen molar-refractivity contribution in [2.75, 3.05) is 26.1 Å². The largest absolute Gasteiger partial charge is 0.493 e. The third-order valence-electron chi connectivity index (χ3n) is 3.18. The molecule has 4 nitrogen and oxygen atoms in total. The smallest absolute Gasteiger partial charge is 0.330 e. The predicted molar refractivity (Wildman–Crippen MR) is 93.5 cm³/mol. The zero-order valence-electron chi connectivity index (χ0n) is 13.3. The molecule has 0 saturated carbocycles. The van der Waals surface area contributed by atoms with Gasteiger partial charge in [-0.3, -0.25) is 0 Å². The molecule has 0 atom stereocenters. The summed E-state index contributed by atoms with van der Waals surface area (Å²) in [6.45, 7) is 6.39. The van der Waals surface area contributed by atoms with E-state index in [0.717, 1.165) is 33.2 Å². The normalized spacial score (nSPS) is 10.3. The van der Waals surface area contributed by atoms with Crippen molar-refractivity contribution < 1.29 is 19.0 Å². The van der Waals surface area contributed by atoms with Gasteiger partial charge in [-0.15, -0.1) is 11.8 Å². The average molecular weight is 332 g/mol. The molecule has 0 fully saturated rings. The maximum atomic E-state index is 11.1. The first kappa shape index (κ1) is 17.2. The molecule has 0 unspecified atom stereocenters. The van der Waals surface area contributed by atoms with Gasteiger partial charge in [0.05, 0.1) is 11.5 Å². The van der Waals surface area contributed by atoms with E-state index in [9.17, 15) is 4.79 Å². The highest BCUT2D eigenvalue weighted by Crippen LogP contribution is 2.40. The minimum Gasteiger partial charge on any atom is -0.493 e. The minimum absolute atomic E-state index is 0.181. The molecule has 0 aliphatic rings. The van der Waals surface area contributed by atoms with E-state index in [1.54, 1.807) is 11.8 Å². The van der Waals surface area contributed by atoms with Crippen LogP contribution in [-0.2, 0) is 9.53 Å². The van der Waals surface area contributed by atoms with Gasteiger partial charge in [0.15, 0.2) is 0 Å². The quantitative estimate of drug-likeness (QED) is 0.316. The summed E-state index contributed by atoms with van der Waals surface area (Å²) in [7, 11) is 0. The highest BCUT2D eigenvalue weighted by molar-refractivity contribution is 7.98. The number of carbonyl (C=O) groups excluding carboxylic acids is 1. The number of benzene rings is 2. The van der Waals surface area contributed by atoms with Crippen molar-refractivity contribution in [2.45, 2.75) is 11.8 Å². The highest BCUT2D eigenvalue weighted by atomic mass is 32.2. The molecule has 0 heterocycles.